The number of rotatable bonds is 12. The first-order chi connectivity index (χ1) is 10.7. The minimum Gasteiger partial charge on any atom is -0.481 e. The predicted octanol–water partition coefficient (Wildman–Crippen LogP) is 2.80. The van der Waals surface area contributed by atoms with Crippen LogP contribution in [0.4, 0.5) is 0 Å². The summed E-state index contributed by atoms with van der Waals surface area (Å²) in [6.07, 6.45) is 6.20. The molecule has 0 aromatic rings. The molecule has 1 amide bonds. The predicted molar refractivity (Wildman–Crippen MR) is 94.2 cm³/mol. The van der Waals surface area contributed by atoms with E-state index in [4.69, 9.17) is 10.8 Å². The lowest BCUT2D eigenvalue weighted by molar-refractivity contribution is -0.138. The minimum atomic E-state index is -0.958. The Labute approximate surface area is 142 Å². The van der Waals surface area contributed by atoms with Gasteiger partial charge in [-0.05, 0) is 25.5 Å². The SMILES string of the molecule is C=C/C(C)=C/[C@@H](C)C(=O)CC(CC(CC(N)=O)CC(=O)O)SC. The van der Waals surface area contributed by atoms with Crippen LogP contribution in [0.1, 0.15) is 39.5 Å². The molecule has 6 heteroatoms. The second kappa shape index (κ2) is 11.0. The monoisotopic (exact) mass is 341 g/mol. The molecule has 23 heavy (non-hydrogen) atoms. The number of nitrogens with two attached hydrogens (primary N) is 1. The maximum Gasteiger partial charge on any atom is 0.303 e. The number of primary amides is 1. The van der Waals surface area contributed by atoms with E-state index < -0.39 is 11.9 Å². The molecule has 0 aromatic heterocycles. The second-order valence-electron chi connectivity index (χ2n) is 5.80. The van der Waals surface area contributed by atoms with Crippen molar-refractivity contribution >= 4 is 29.4 Å². The maximum atomic E-state index is 12.3. The Bertz CT molecular complexity index is 457. The van der Waals surface area contributed by atoms with Gasteiger partial charge in [-0.15, -0.1) is 0 Å². The van der Waals surface area contributed by atoms with Crippen LogP contribution in [0.2, 0.25) is 0 Å². The number of carbonyl (C=O) groups excluding carboxylic acids is 2. The lowest BCUT2D eigenvalue weighted by atomic mass is 9.91. The van der Waals surface area contributed by atoms with Gasteiger partial charge in [0.15, 0.2) is 0 Å². The lowest BCUT2D eigenvalue weighted by Crippen LogP contribution is -2.24. The molecule has 0 saturated heterocycles. The molecule has 2 unspecified atom stereocenters. The number of ketones is 1. The highest BCUT2D eigenvalue weighted by Crippen LogP contribution is 2.26. The van der Waals surface area contributed by atoms with Gasteiger partial charge in [0, 0.05) is 30.4 Å². The number of allylic oxidation sites excluding steroid dienone is 3. The molecule has 0 aliphatic carbocycles. The molecule has 3 atom stereocenters. The maximum absolute atomic E-state index is 12.3. The molecule has 0 saturated carbocycles. The van der Waals surface area contributed by atoms with Gasteiger partial charge in [-0.1, -0.05) is 31.2 Å². The third-order valence-corrected chi connectivity index (χ3v) is 4.68. The van der Waals surface area contributed by atoms with Crippen molar-refractivity contribution < 1.29 is 19.5 Å². The van der Waals surface area contributed by atoms with Gasteiger partial charge in [-0.2, -0.15) is 11.8 Å². The van der Waals surface area contributed by atoms with E-state index in [1.807, 2.05) is 26.2 Å². The van der Waals surface area contributed by atoms with E-state index >= 15 is 0 Å². The van der Waals surface area contributed by atoms with E-state index in [-0.39, 0.29) is 35.7 Å². The molecule has 0 bridgehead atoms. The normalized spacial score (nSPS) is 15.5. The standard InChI is InChI=1S/C17H27NO4S/c1-5-11(2)6-12(3)15(19)10-14(23-4)7-13(8-16(18)20)9-17(21)22/h5-6,12-14H,1,7-10H2,2-4H3,(H2,18,20)(H,21,22)/b11-6+/t12-,13?,14?/m1/s1. The Hall–Kier alpha value is -1.56. The fourth-order valence-electron chi connectivity index (χ4n) is 2.37. The van der Waals surface area contributed by atoms with Gasteiger partial charge in [-0.25, -0.2) is 0 Å². The average molecular weight is 341 g/mol. The summed E-state index contributed by atoms with van der Waals surface area (Å²) in [4.78, 5) is 34.3. The van der Waals surface area contributed by atoms with Crippen LogP contribution in [0.15, 0.2) is 24.3 Å². The summed E-state index contributed by atoms with van der Waals surface area (Å²) in [7, 11) is 0. The van der Waals surface area contributed by atoms with E-state index in [0.29, 0.717) is 12.8 Å². The van der Waals surface area contributed by atoms with Crippen LogP contribution in [0.3, 0.4) is 0 Å². The fourth-order valence-corrected chi connectivity index (χ4v) is 3.17. The summed E-state index contributed by atoms with van der Waals surface area (Å²) in [5.74, 6) is -1.92. The Balaban J connectivity index is 4.78. The number of hydrogen-bond acceptors (Lipinski definition) is 4. The van der Waals surface area contributed by atoms with Crippen molar-refractivity contribution in [3.05, 3.63) is 24.3 Å². The molecule has 0 aromatic carbocycles. The topological polar surface area (TPSA) is 97.5 Å². The fraction of sp³-hybridized carbons (Fsp3) is 0.588. The molecule has 3 N–H and O–H groups in total. The molecule has 0 aliphatic rings. The zero-order chi connectivity index (χ0) is 18.0. The van der Waals surface area contributed by atoms with Gasteiger partial charge in [-0.3, -0.25) is 14.4 Å². The molecule has 5 nitrogen and oxygen atoms in total. The number of Topliss-reactive ketones (excluding diaryl/α,β-unsaturated/α-hetero) is 1. The van der Waals surface area contributed by atoms with Crippen molar-refractivity contribution in [2.24, 2.45) is 17.6 Å². The van der Waals surface area contributed by atoms with Gasteiger partial charge in [0.2, 0.25) is 5.91 Å². The van der Waals surface area contributed by atoms with E-state index in [1.165, 1.54) is 11.8 Å². The van der Waals surface area contributed by atoms with Gasteiger partial charge in [0.05, 0.1) is 0 Å². The summed E-state index contributed by atoms with van der Waals surface area (Å²) in [5, 5.41) is 8.91. The third-order valence-electron chi connectivity index (χ3n) is 3.65. The molecule has 0 rings (SSSR count). The van der Waals surface area contributed by atoms with Crippen LogP contribution in [0.25, 0.3) is 0 Å². The zero-order valence-corrected chi connectivity index (χ0v) is 14.9. The summed E-state index contributed by atoms with van der Waals surface area (Å²) in [6, 6.07) is 0. The molecule has 0 radical (unpaired) electrons. The highest BCUT2D eigenvalue weighted by Gasteiger charge is 2.23. The van der Waals surface area contributed by atoms with Crippen molar-refractivity contribution in [1.82, 2.24) is 0 Å². The Morgan fingerprint density at radius 2 is 1.87 bits per heavy atom. The van der Waals surface area contributed by atoms with Crippen LogP contribution in [-0.2, 0) is 14.4 Å². The largest absolute Gasteiger partial charge is 0.481 e. The summed E-state index contributed by atoms with van der Waals surface area (Å²) < 4.78 is 0. The van der Waals surface area contributed by atoms with Gasteiger partial charge in [0.1, 0.15) is 5.78 Å². The molecule has 0 heterocycles. The lowest BCUT2D eigenvalue weighted by Gasteiger charge is -2.20. The number of carboxylic acids is 1. The van der Waals surface area contributed by atoms with E-state index in [9.17, 15) is 14.4 Å². The van der Waals surface area contributed by atoms with Gasteiger partial charge >= 0.3 is 5.97 Å². The number of thioether (sulfide) groups is 1. The summed E-state index contributed by atoms with van der Waals surface area (Å²) >= 11 is 1.52. The van der Waals surface area contributed by atoms with E-state index in [0.717, 1.165) is 5.57 Å². The number of hydrogen-bond donors (Lipinski definition) is 2. The third kappa shape index (κ3) is 9.94. The first-order valence-corrected chi connectivity index (χ1v) is 8.84. The highest BCUT2D eigenvalue weighted by atomic mass is 32.2. The number of amides is 1. The van der Waals surface area contributed by atoms with Gasteiger partial charge in [0.25, 0.3) is 0 Å². The Kier molecular flexibility index (Phi) is 10.3. The van der Waals surface area contributed by atoms with Crippen LogP contribution in [-0.4, -0.2) is 34.3 Å². The zero-order valence-electron chi connectivity index (χ0n) is 14.1. The van der Waals surface area contributed by atoms with Crippen LogP contribution in [0.5, 0.6) is 0 Å². The minimum absolute atomic E-state index is 0.0221. The van der Waals surface area contributed by atoms with Crippen molar-refractivity contribution in [2.45, 2.75) is 44.8 Å². The smallest absolute Gasteiger partial charge is 0.303 e. The van der Waals surface area contributed by atoms with Crippen LogP contribution < -0.4 is 5.73 Å². The van der Waals surface area contributed by atoms with Crippen molar-refractivity contribution in [3.63, 3.8) is 0 Å². The number of carbonyl (C=O) groups is 3. The summed E-state index contributed by atoms with van der Waals surface area (Å²) in [6.45, 7) is 7.39. The second-order valence-corrected chi connectivity index (χ2v) is 6.94. The van der Waals surface area contributed by atoms with Crippen LogP contribution >= 0.6 is 11.8 Å². The highest BCUT2D eigenvalue weighted by molar-refractivity contribution is 7.99. The van der Waals surface area contributed by atoms with Crippen molar-refractivity contribution in [1.29, 1.82) is 0 Å². The van der Waals surface area contributed by atoms with Crippen molar-refractivity contribution in [2.75, 3.05) is 6.26 Å². The Morgan fingerprint density at radius 3 is 2.30 bits per heavy atom. The van der Waals surface area contributed by atoms with Crippen molar-refractivity contribution in [3.8, 4) is 0 Å². The quantitative estimate of drug-likeness (QED) is 0.532. The molecular weight excluding hydrogens is 314 g/mol. The first-order valence-electron chi connectivity index (χ1n) is 7.56. The van der Waals surface area contributed by atoms with E-state index in [2.05, 4.69) is 6.58 Å². The number of aliphatic carboxylic acids is 1. The Morgan fingerprint density at radius 1 is 1.26 bits per heavy atom. The molecule has 0 aliphatic heterocycles. The van der Waals surface area contributed by atoms with E-state index in [1.54, 1.807) is 6.08 Å². The first kappa shape index (κ1) is 21.4. The summed E-state index contributed by atoms with van der Waals surface area (Å²) in [5.41, 5.74) is 6.13. The molecule has 0 fully saturated rings. The van der Waals surface area contributed by atoms with Crippen LogP contribution in [0, 0.1) is 11.8 Å². The molecule has 0 spiro atoms. The van der Waals surface area contributed by atoms with Gasteiger partial charge < -0.3 is 10.8 Å². The average Bonchev–Trinajstić information content (AvgIpc) is 2.44. The molecule has 130 valence electrons. The molecular formula is C17H27NO4S. The number of carboxylic acid groups (broad SMARTS) is 1.